The highest BCUT2D eigenvalue weighted by Gasteiger charge is 2.06. The molecule has 2 aromatic rings. The second kappa shape index (κ2) is 4.85. The number of hydrogen-bond donors (Lipinski definition) is 1. The summed E-state index contributed by atoms with van der Waals surface area (Å²) in [6.45, 7) is 4.12. The zero-order valence-corrected chi connectivity index (χ0v) is 10.7. The molecule has 2 heterocycles. The van der Waals surface area contributed by atoms with Crippen molar-refractivity contribution in [1.29, 1.82) is 0 Å². The highest BCUT2D eigenvalue weighted by molar-refractivity contribution is 6.31. The van der Waals surface area contributed by atoms with Crippen LogP contribution < -0.4 is 5.32 Å². The maximum atomic E-state index is 5.66. The van der Waals surface area contributed by atoms with Crippen molar-refractivity contribution in [3.8, 4) is 0 Å². The summed E-state index contributed by atoms with van der Waals surface area (Å²) in [5, 5.41) is 2.97. The van der Waals surface area contributed by atoms with E-state index < -0.39 is 0 Å². The monoisotopic (exact) mass is 272 g/mol. The SMILES string of the molecule is CC(C)n1cnc(Nc2nc(Cl)nc(Cl)n2)c1. The van der Waals surface area contributed by atoms with Gasteiger partial charge in [-0.1, -0.05) is 0 Å². The molecule has 8 heteroatoms. The number of nitrogens with one attached hydrogen (secondary N) is 1. The molecule has 2 aromatic heterocycles. The minimum Gasteiger partial charge on any atom is -0.333 e. The molecule has 0 bridgehead atoms. The summed E-state index contributed by atoms with van der Waals surface area (Å²) in [6.07, 6.45) is 3.56. The molecular formula is C9H10Cl2N6. The van der Waals surface area contributed by atoms with Crippen LogP contribution >= 0.6 is 23.2 Å². The third-order valence-corrected chi connectivity index (χ3v) is 2.36. The van der Waals surface area contributed by atoms with Gasteiger partial charge in [0.1, 0.15) is 0 Å². The highest BCUT2D eigenvalue weighted by Crippen LogP contribution is 2.15. The van der Waals surface area contributed by atoms with Crippen molar-refractivity contribution in [2.75, 3.05) is 5.32 Å². The number of nitrogens with zero attached hydrogens (tertiary/aromatic N) is 5. The number of aromatic nitrogens is 5. The molecule has 0 radical (unpaired) electrons. The normalized spacial score (nSPS) is 10.9. The van der Waals surface area contributed by atoms with Gasteiger partial charge in [0.05, 0.1) is 6.33 Å². The van der Waals surface area contributed by atoms with E-state index in [-0.39, 0.29) is 16.5 Å². The lowest BCUT2D eigenvalue weighted by atomic mass is 10.4. The van der Waals surface area contributed by atoms with E-state index in [4.69, 9.17) is 23.2 Å². The molecule has 0 saturated heterocycles. The maximum Gasteiger partial charge on any atom is 0.234 e. The Kier molecular flexibility index (Phi) is 3.44. The molecule has 0 spiro atoms. The molecule has 2 rings (SSSR count). The fraction of sp³-hybridized carbons (Fsp3) is 0.333. The fourth-order valence-electron chi connectivity index (χ4n) is 1.18. The molecule has 0 saturated carbocycles. The van der Waals surface area contributed by atoms with E-state index in [1.807, 2.05) is 10.8 Å². The largest absolute Gasteiger partial charge is 0.333 e. The number of imidazole rings is 1. The topological polar surface area (TPSA) is 68.5 Å². The van der Waals surface area contributed by atoms with Crippen LogP contribution in [-0.4, -0.2) is 24.5 Å². The Morgan fingerprint density at radius 2 is 1.82 bits per heavy atom. The molecule has 0 fully saturated rings. The standard InChI is InChI=1S/C9H10Cl2N6/c1-5(2)17-3-6(12-4-17)13-9-15-7(10)14-8(11)16-9/h3-5H,1-2H3,(H,13,14,15,16). The van der Waals surface area contributed by atoms with Crippen molar-refractivity contribution in [2.45, 2.75) is 19.9 Å². The van der Waals surface area contributed by atoms with Crippen molar-refractivity contribution < 1.29 is 0 Å². The van der Waals surface area contributed by atoms with Crippen LogP contribution in [0.3, 0.4) is 0 Å². The number of hydrogen-bond acceptors (Lipinski definition) is 5. The van der Waals surface area contributed by atoms with Crippen LogP contribution in [0, 0.1) is 0 Å². The van der Waals surface area contributed by atoms with E-state index in [1.54, 1.807) is 6.33 Å². The van der Waals surface area contributed by atoms with Gasteiger partial charge in [-0.15, -0.1) is 0 Å². The van der Waals surface area contributed by atoms with E-state index in [0.29, 0.717) is 11.9 Å². The van der Waals surface area contributed by atoms with Crippen LogP contribution in [-0.2, 0) is 0 Å². The third-order valence-electron chi connectivity index (χ3n) is 2.02. The van der Waals surface area contributed by atoms with Gasteiger partial charge in [-0.2, -0.15) is 15.0 Å². The second-order valence-corrected chi connectivity index (χ2v) is 4.30. The van der Waals surface area contributed by atoms with Crippen molar-refractivity contribution in [2.24, 2.45) is 0 Å². The predicted molar refractivity (Wildman–Crippen MR) is 65.7 cm³/mol. The first-order valence-corrected chi connectivity index (χ1v) is 5.68. The summed E-state index contributed by atoms with van der Waals surface area (Å²) < 4.78 is 1.95. The molecule has 17 heavy (non-hydrogen) atoms. The molecule has 0 aromatic carbocycles. The van der Waals surface area contributed by atoms with Gasteiger partial charge in [-0.25, -0.2) is 4.98 Å². The summed E-state index contributed by atoms with van der Waals surface area (Å²) in [7, 11) is 0. The van der Waals surface area contributed by atoms with Gasteiger partial charge >= 0.3 is 0 Å². The van der Waals surface area contributed by atoms with Crippen molar-refractivity contribution in [3.63, 3.8) is 0 Å². The molecular weight excluding hydrogens is 263 g/mol. The van der Waals surface area contributed by atoms with E-state index in [0.717, 1.165) is 0 Å². The van der Waals surface area contributed by atoms with Crippen LogP contribution in [0.2, 0.25) is 10.6 Å². The van der Waals surface area contributed by atoms with Crippen molar-refractivity contribution in [1.82, 2.24) is 24.5 Å². The van der Waals surface area contributed by atoms with Gasteiger partial charge in [0, 0.05) is 12.2 Å². The molecule has 0 aliphatic carbocycles. The Morgan fingerprint density at radius 3 is 2.35 bits per heavy atom. The van der Waals surface area contributed by atoms with Crippen LogP contribution in [0.5, 0.6) is 0 Å². The first-order chi connectivity index (χ1) is 8.04. The molecule has 0 aliphatic rings. The molecule has 0 aliphatic heterocycles. The molecule has 6 nitrogen and oxygen atoms in total. The molecule has 1 N–H and O–H groups in total. The molecule has 0 atom stereocenters. The van der Waals surface area contributed by atoms with Crippen LogP contribution in [0.25, 0.3) is 0 Å². The third kappa shape index (κ3) is 3.04. The minimum absolute atomic E-state index is 0.0378. The minimum atomic E-state index is 0.0378. The average Bonchev–Trinajstić information content (AvgIpc) is 2.64. The Hall–Kier alpha value is -1.40. The predicted octanol–water partition coefficient (Wildman–Crippen LogP) is 2.70. The Balaban J connectivity index is 2.19. The lowest BCUT2D eigenvalue weighted by Crippen LogP contribution is -2.00. The van der Waals surface area contributed by atoms with Gasteiger partial charge in [0.25, 0.3) is 0 Å². The smallest absolute Gasteiger partial charge is 0.234 e. The highest BCUT2D eigenvalue weighted by atomic mass is 35.5. The van der Waals surface area contributed by atoms with Crippen LogP contribution in [0.15, 0.2) is 12.5 Å². The first-order valence-electron chi connectivity index (χ1n) is 4.92. The quantitative estimate of drug-likeness (QED) is 0.931. The maximum absolute atomic E-state index is 5.66. The van der Waals surface area contributed by atoms with E-state index >= 15 is 0 Å². The summed E-state index contributed by atoms with van der Waals surface area (Å²) in [4.78, 5) is 15.6. The molecule has 90 valence electrons. The molecule has 0 amide bonds. The average molecular weight is 273 g/mol. The van der Waals surface area contributed by atoms with Gasteiger partial charge < -0.3 is 9.88 Å². The number of anilines is 2. The summed E-state index contributed by atoms with van der Waals surface area (Å²) in [6, 6.07) is 0.337. The number of halogens is 2. The zero-order valence-electron chi connectivity index (χ0n) is 9.22. The zero-order chi connectivity index (χ0) is 12.4. The number of rotatable bonds is 3. The Morgan fingerprint density at radius 1 is 1.18 bits per heavy atom. The van der Waals surface area contributed by atoms with E-state index in [2.05, 4.69) is 39.1 Å². The van der Waals surface area contributed by atoms with Gasteiger partial charge in [0.15, 0.2) is 5.82 Å². The van der Waals surface area contributed by atoms with E-state index in [9.17, 15) is 0 Å². The lowest BCUT2D eigenvalue weighted by molar-refractivity contribution is 0.600. The Labute approximate surface area is 108 Å². The van der Waals surface area contributed by atoms with Gasteiger partial charge in [-0.05, 0) is 37.0 Å². The van der Waals surface area contributed by atoms with Crippen LogP contribution in [0.4, 0.5) is 11.8 Å². The van der Waals surface area contributed by atoms with Gasteiger partial charge in [0.2, 0.25) is 16.5 Å². The first kappa shape index (κ1) is 12.1. The van der Waals surface area contributed by atoms with Crippen molar-refractivity contribution in [3.05, 3.63) is 23.1 Å². The Bertz CT molecular complexity index is 504. The summed E-state index contributed by atoms with van der Waals surface area (Å²) in [5.74, 6) is 0.890. The summed E-state index contributed by atoms with van der Waals surface area (Å²) >= 11 is 11.3. The second-order valence-electron chi connectivity index (χ2n) is 3.62. The lowest BCUT2D eigenvalue weighted by Gasteiger charge is -2.04. The molecule has 0 unspecified atom stereocenters. The van der Waals surface area contributed by atoms with Crippen molar-refractivity contribution >= 4 is 35.0 Å². The fourth-order valence-corrected chi connectivity index (χ4v) is 1.54. The van der Waals surface area contributed by atoms with Crippen LogP contribution in [0.1, 0.15) is 19.9 Å². The van der Waals surface area contributed by atoms with Gasteiger partial charge in [-0.3, -0.25) is 0 Å². The van der Waals surface area contributed by atoms with E-state index in [1.165, 1.54) is 0 Å². The summed E-state index contributed by atoms with van der Waals surface area (Å²) in [5.41, 5.74) is 0.